The summed E-state index contributed by atoms with van der Waals surface area (Å²) < 4.78 is 61.1. The highest BCUT2D eigenvalue weighted by Crippen LogP contribution is 2.62. The number of nitrogens with zero attached hydrogens (tertiary/aromatic N) is 2. The number of nitrogens with one attached hydrogen (secondary N) is 2. The van der Waals surface area contributed by atoms with E-state index in [-0.39, 0.29) is 32.2 Å². The van der Waals surface area contributed by atoms with Crippen LogP contribution in [0, 0.1) is 17.2 Å². The van der Waals surface area contributed by atoms with Crippen LogP contribution in [0.5, 0.6) is 0 Å². The largest absolute Gasteiger partial charge is 0.427 e. The Bertz CT molecular complexity index is 1510. The maximum atomic E-state index is 14.1. The van der Waals surface area contributed by atoms with Crippen LogP contribution in [0.2, 0.25) is 0 Å². The van der Waals surface area contributed by atoms with Gasteiger partial charge in [-0.1, -0.05) is 18.2 Å². The molecule has 14 heteroatoms. The molecule has 1 saturated heterocycles. The molecule has 5 amide bonds. The Hall–Kier alpha value is -3.68. The number of carbonyl (C=O) groups excluding carboxylic acids is 4. The number of rotatable bonds is 12. The van der Waals surface area contributed by atoms with Crippen LogP contribution in [0.15, 0.2) is 40.9 Å². The zero-order valence-electron chi connectivity index (χ0n) is 25.2. The van der Waals surface area contributed by atoms with Crippen molar-refractivity contribution in [3.05, 3.63) is 63.4 Å². The smallest absolute Gasteiger partial charge is 0.418 e. The summed E-state index contributed by atoms with van der Waals surface area (Å²) in [5.74, 6) is -2.47. The van der Waals surface area contributed by atoms with Crippen LogP contribution in [0.3, 0.4) is 0 Å². The van der Waals surface area contributed by atoms with E-state index in [0.717, 1.165) is 4.90 Å². The Balaban J connectivity index is 1.45. The topological polar surface area (TPSA) is 108 Å². The predicted molar refractivity (Wildman–Crippen MR) is 163 cm³/mol. The molecule has 2 fully saturated rings. The lowest BCUT2D eigenvalue weighted by Crippen LogP contribution is -2.47. The fraction of sp³-hybridized carbons (Fsp3) is 0.500. The number of imide groups is 1. The van der Waals surface area contributed by atoms with Gasteiger partial charge in [0.05, 0.1) is 25.7 Å². The molecule has 0 aromatic heterocycles. The predicted octanol–water partition coefficient (Wildman–Crippen LogP) is 5.94. The number of ether oxygens (including phenoxy) is 1. The number of carbonyl (C=O) groups is 4. The minimum Gasteiger partial charge on any atom is -0.427 e. The quantitative estimate of drug-likeness (QED) is 0.265. The monoisotopic (exact) mass is 710 g/mol. The first kappa shape index (κ1) is 33.7. The van der Waals surface area contributed by atoms with Gasteiger partial charge in [-0.15, -0.1) is 0 Å². The van der Waals surface area contributed by atoms with E-state index in [4.69, 9.17) is 4.74 Å². The molecule has 2 aromatic carbocycles. The highest BCUT2D eigenvalue weighted by Gasteiger charge is 2.66. The van der Waals surface area contributed by atoms with Gasteiger partial charge in [0.25, 0.3) is 5.91 Å². The van der Waals surface area contributed by atoms with E-state index < -0.39 is 79.3 Å². The number of benzene rings is 2. The Morgan fingerprint density at radius 2 is 1.76 bits per heavy atom. The van der Waals surface area contributed by atoms with E-state index in [9.17, 15) is 36.7 Å². The third kappa shape index (κ3) is 5.95. The van der Waals surface area contributed by atoms with Crippen LogP contribution in [0.4, 0.5) is 32.8 Å². The summed E-state index contributed by atoms with van der Waals surface area (Å²) in [6.45, 7) is -3.17. The standard InChI is InChI=1S/C32H35BrF4N4O5/c1-38-29(44)39-24-9-8-22-21(26(24)33)3-2-11-32(22)28(43)41(30(45)46-32)18-25(42)40(17-19-4-6-20(37)7-5-19)27-23(10-14-34)31(27,12-15-35)13-16-36/h4-9,23,27H,2-3,10-18H2,1H3,(H2,38,39,44)/t23?,27-,32?/m0/s1. The number of halogens is 5. The highest BCUT2D eigenvalue weighted by atomic mass is 79.9. The van der Waals surface area contributed by atoms with Crippen LogP contribution < -0.4 is 10.6 Å². The van der Waals surface area contributed by atoms with E-state index in [1.165, 1.54) is 36.2 Å². The number of hydrogen-bond acceptors (Lipinski definition) is 5. The van der Waals surface area contributed by atoms with Crippen LogP contribution in [-0.2, 0) is 32.9 Å². The van der Waals surface area contributed by atoms with Gasteiger partial charge in [0.1, 0.15) is 12.4 Å². The molecular weight excluding hydrogens is 676 g/mol. The maximum absolute atomic E-state index is 14.1. The van der Waals surface area contributed by atoms with Crippen molar-refractivity contribution in [1.29, 1.82) is 0 Å². The molecule has 3 atom stereocenters. The van der Waals surface area contributed by atoms with Gasteiger partial charge >= 0.3 is 12.1 Å². The molecule has 0 bridgehead atoms. The summed E-state index contributed by atoms with van der Waals surface area (Å²) in [5.41, 5.74) is -0.650. The fourth-order valence-corrected chi connectivity index (χ4v) is 7.97. The number of anilines is 1. The van der Waals surface area contributed by atoms with Crippen molar-refractivity contribution in [2.75, 3.05) is 38.9 Å². The third-order valence-corrected chi connectivity index (χ3v) is 10.4. The van der Waals surface area contributed by atoms with Gasteiger partial charge in [0, 0.05) is 41.5 Å². The second-order valence-corrected chi connectivity index (χ2v) is 12.7. The molecule has 1 heterocycles. The number of amides is 5. The van der Waals surface area contributed by atoms with Crippen molar-refractivity contribution < 1.29 is 41.5 Å². The summed E-state index contributed by atoms with van der Waals surface area (Å²) in [7, 11) is 1.47. The summed E-state index contributed by atoms with van der Waals surface area (Å²) in [6.07, 6.45) is -0.0560. The molecule has 3 aliphatic rings. The second-order valence-electron chi connectivity index (χ2n) is 11.9. The first-order valence-electron chi connectivity index (χ1n) is 15.1. The lowest BCUT2D eigenvalue weighted by Gasteiger charge is -2.33. The van der Waals surface area contributed by atoms with E-state index in [2.05, 4.69) is 26.6 Å². The molecule has 0 radical (unpaired) electrons. The molecule has 1 aliphatic heterocycles. The van der Waals surface area contributed by atoms with Gasteiger partial charge in [0.2, 0.25) is 11.5 Å². The normalized spacial score (nSPS) is 22.8. The van der Waals surface area contributed by atoms with Gasteiger partial charge in [-0.05, 0) is 83.3 Å². The minimum absolute atomic E-state index is 0.0198. The van der Waals surface area contributed by atoms with E-state index in [1.807, 2.05) is 0 Å². The van der Waals surface area contributed by atoms with E-state index >= 15 is 0 Å². The molecule has 5 rings (SSSR count). The zero-order valence-corrected chi connectivity index (χ0v) is 26.8. The zero-order chi connectivity index (χ0) is 33.2. The number of hydrogen-bond donors (Lipinski definition) is 2. The van der Waals surface area contributed by atoms with Crippen molar-refractivity contribution in [3.8, 4) is 0 Å². The average molecular weight is 712 g/mol. The molecule has 1 saturated carbocycles. The van der Waals surface area contributed by atoms with Gasteiger partial charge < -0.3 is 20.3 Å². The van der Waals surface area contributed by atoms with Gasteiger partial charge in [-0.25, -0.2) is 18.9 Å². The Morgan fingerprint density at radius 1 is 1.07 bits per heavy atom. The van der Waals surface area contributed by atoms with Crippen molar-refractivity contribution in [1.82, 2.24) is 15.1 Å². The lowest BCUT2D eigenvalue weighted by molar-refractivity contribution is -0.143. The summed E-state index contributed by atoms with van der Waals surface area (Å²) >= 11 is 3.51. The molecule has 46 heavy (non-hydrogen) atoms. The van der Waals surface area contributed by atoms with Crippen LogP contribution >= 0.6 is 15.9 Å². The molecule has 1 spiro atoms. The first-order chi connectivity index (χ1) is 22.1. The molecule has 2 aliphatic carbocycles. The first-order valence-corrected chi connectivity index (χ1v) is 15.9. The van der Waals surface area contributed by atoms with Crippen LogP contribution in [-0.4, -0.2) is 73.4 Å². The van der Waals surface area contributed by atoms with Gasteiger partial charge in [-0.2, -0.15) is 0 Å². The minimum atomic E-state index is -1.69. The highest BCUT2D eigenvalue weighted by molar-refractivity contribution is 9.10. The Labute approximate surface area is 272 Å². The number of urea groups is 1. The van der Waals surface area contributed by atoms with Gasteiger partial charge in [-0.3, -0.25) is 22.8 Å². The summed E-state index contributed by atoms with van der Waals surface area (Å²) in [6, 6.07) is 7.32. The second kappa shape index (κ2) is 13.6. The Kier molecular flexibility index (Phi) is 9.95. The van der Waals surface area contributed by atoms with Crippen LogP contribution in [0.25, 0.3) is 0 Å². The lowest BCUT2D eigenvalue weighted by atomic mass is 9.78. The van der Waals surface area contributed by atoms with E-state index in [1.54, 1.807) is 12.1 Å². The Morgan fingerprint density at radius 3 is 2.39 bits per heavy atom. The van der Waals surface area contributed by atoms with Gasteiger partial charge in [0.15, 0.2) is 0 Å². The summed E-state index contributed by atoms with van der Waals surface area (Å²) in [4.78, 5) is 55.4. The molecule has 248 valence electrons. The van der Waals surface area contributed by atoms with E-state index in [0.29, 0.717) is 39.7 Å². The number of fused-ring (bicyclic) bond motifs is 2. The molecule has 2 unspecified atom stereocenters. The maximum Gasteiger partial charge on any atom is 0.418 e. The third-order valence-electron chi connectivity index (χ3n) is 9.54. The SMILES string of the molecule is CNC(=O)Nc1ccc2c(c1Br)CCCC21OC(=O)N(CC(=O)N(Cc2ccc(F)cc2)[C@H]2C(CCF)C2(CCF)CCF)C1=O. The van der Waals surface area contributed by atoms with Crippen molar-refractivity contribution in [2.24, 2.45) is 11.3 Å². The van der Waals surface area contributed by atoms with Crippen molar-refractivity contribution >= 4 is 45.6 Å². The van der Waals surface area contributed by atoms with Crippen molar-refractivity contribution in [2.45, 2.75) is 56.7 Å². The summed E-state index contributed by atoms with van der Waals surface area (Å²) in [5, 5.41) is 5.16. The fourth-order valence-electron chi connectivity index (χ4n) is 7.33. The van der Waals surface area contributed by atoms with Crippen LogP contribution in [0.1, 0.15) is 48.8 Å². The average Bonchev–Trinajstić information content (AvgIpc) is 3.56. The van der Waals surface area contributed by atoms with Crippen molar-refractivity contribution in [3.63, 3.8) is 0 Å². The molecule has 2 N–H and O–H groups in total. The number of alkyl halides is 3. The molecule has 9 nitrogen and oxygen atoms in total. The molecular formula is C32H35BrF4N4O5. The molecule has 2 aromatic rings.